The average molecular weight is 306 g/mol. The maximum Gasteiger partial charge on any atom is 0.159 e. The Bertz CT molecular complexity index is 549. The molecule has 22 heavy (non-hydrogen) atoms. The Hall–Kier alpha value is -2.60. The molecule has 0 radical (unpaired) electrons. The van der Waals surface area contributed by atoms with Gasteiger partial charge in [-0.3, -0.25) is 0 Å². The van der Waals surface area contributed by atoms with Gasteiger partial charge in [0.2, 0.25) is 0 Å². The number of aromatic hydroxyl groups is 4. The highest BCUT2D eigenvalue weighted by Crippen LogP contribution is 2.27. The van der Waals surface area contributed by atoms with Crippen LogP contribution >= 0.6 is 0 Å². The van der Waals surface area contributed by atoms with Crippen molar-refractivity contribution in [3.63, 3.8) is 0 Å². The third kappa shape index (κ3) is 5.41. The fraction of sp³-hybridized carbons (Fsp3) is 0.250. The van der Waals surface area contributed by atoms with E-state index in [0.29, 0.717) is 13.0 Å². The van der Waals surface area contributed by atoms with E-state index in [1.165, 1.54) is 24.3 Å². The van der Waals surface area contributed by atoms with Crippen LogP contribution in [0.3, 0.4) is 0 Å². The van der Waals surface area contributed by atoms with Gasteiger partial charge in [-0.2, -0.15) is 0 Å². The van der Waals surface area contributed by atoms with Crippen LogP contribution in [0.15, 0.2) is 36.4 Å². The highest BCUT2D eigenvalue weighted by molar-refractivity contribution is 5.53. The van der Waals surface area contributed by atoms with Crippen LogP contribution in [0.2, 0.25) is 0 Å². The van der Waals surface area contributed by atoms with E-state index >= 15 is 0 Å². The van der Waals surface area contributed by atoms with Gasteiger partial charge in [0.1, 0.15) is 0 Å². The summed E-state index contributed by atoms with van der Waals surface area (Å²) in [5.41, 5.74) is 7.05. The van der Waals surface area contributed by atoms with Crippen molar-refractivity contribution in [2.45, 2.75) is 13.3 Å². The van der Waals surface area contributed by atoms with E-state index < -0.39 is 0 Å². The third-order valence-electron chi connectivity index (χ3n) is 2.83. The standard InChI is InChI=1S/2C8H11NO2/c1-2-9-6-3-4-7(10)8(11)5-6;9-4-3-6-1-2-7(10)8(11)5-6/h3-5,9-11H,2H2,1H3;1-2,5,10-11H,3-4,9H2. The summed E-state index contributed by atoms with van der Waals surface area (Å²) in [6, 6.07) is 9.36. The fourth-order valence-electron chi connectivity index (χ4n) is 1.73. The molecule has 0 amide bonds. The first kappa shape index (κ1) is 17.5. The van der Waals surface area contributed by atoms with E-state index in [-0.39, 0.29) is 23.0 Å². The largest absolute Gasteiger partial charge is 0.504 e. The number of anilines is 1. The normalized spacial score (nSPS) is 9.73. The smallest absolute Gasteiger partial charge is 0.159 e. The summed E-state index contributed by atoms with van der Waals surface area (Å²) in [6.45, 7) is 3.30. The van der Waals surface area contributed by atoms with E-state index in [4.69, 9.17) is 26.2 Å². The summed E-state index contributed by atoms with van der Waals surface area (Å²) in [5.74, 6) is -0.364. The first-order chi connectivity index (χ1) is 10.5. The average Bonchev–Trinajstić information content (AvgIpc) is 2.48. The molecule has 0 saturated carbocycles. The van der Waals surface area contributed by atoms with Gasteiger partial charge in [-0.1, -0.05) is 6.07 Å². The van der Waals surface area contributed by atoms with E-state index in [9.17, 15) is 0 Å². The van der Waals surface area contributed by atoms with Gasteiger partial charge >= 0.3 is 0 Å². The van der Waals surface area contributed by atoms with Gasteiger partial charge in [-0.05, 0) is 49.7 Å². The van der Waals surface area contributed by atoms with Crippen LogP contribution in [-0.2, 0) is 6.42 Å². The van der Waals surface area contributed by atoms with Crippen LogP contribution in [0.1, 0.15) is 12.5 Å². The van der Waals surface area contributed by atoms with Gasteiger partial charge in [0.25, 0.3) is 0 Å². The summed E-state index contributed by atoms with van der Waals surface area (Å²) in [6.07, 6.45) is 0.716. The van der Waals surface area contributed by atoms with Gasteiger partial charge in [-0.15, -0.1) is 0 Å². The molecule has 0 unspecified atom stereocenters. The summed E-state index contributed by atoms with van der Waals surface area (Å²) < 4.78 is 0. The minimum Gasteiger partial charge on any atom is -0.504 e. The lowest BCUT2D eigenvalue weighted by molar-refractivity contribution is 0.403. The van der Waals surface area contributed by atoms with Crippen molar-refractivity contribution < 1.29 is 20.4 Å². The van der Waals surface area contributed by atoms with Gasteiger partial charge < -0.3 is 31.5 Å². The molecule has 0 saturated heterocycles. The number of benzene rings is 2. The fourth-order valence-corrected chi connectivity index (χ4v) is 1.73. The van der Waals surface area contributed by atoms with E-state index in [1.807, 2.05) is 6.92 Å². The predicted octanol–water partition coefficient (Wildman–Crippen LogP) is 2.13. The maximum atomic E-state index is 9.04. The minimum absolute atomic E-state index is 0.0871. The monoisotopic (exact) mass is 306 g/mol. The van der Waals surface area contributed by atoms with Crippen LogP contribution < -0.4 is 11.1 Å². The molecule has 0 heterocycles. The van der Waals surface area contributed by atoms with Crippen molar-refractivity contribution in [1.82, 2.24) is 0 Å². The molecular formula is C16H22N2O4. The number of rotatable bonds is 4. The Morgan fingerprint density at radius 3 is 1.95 bits per heavy atom. The quantitative estimate of drug-likeness (QED) is 0.380. The van der Waals surface area contributed by atoms with E-state index in [1.54, 1.807) is 12.1 Å². The SMILES string of the molecule is CCNc1ccc(O)c(O)c1.NCCc1ccc(O)c(O)c1. The predicted molar refractivity (Wildman–Crippen MR) is 86.5 cm³/mol. The van der Waals surface area contributed by atoms with Crippen LogP contribution in [0.25, 0.3) is 0 Å². The zero-order chi connectivity index (χ0) is 16.5. The third-order valence-corrected chi connectivity index (χ3v) is 2.83. The van der Waals surface area contributed by atoms with Crippen molar-refractivity contribution in [2.24, 2.45) is 5.73 Å². The number of nitrogens with one attached hydrogen (secondary N) is 1. The number of hydrogen-bond donors (Lipinski definition) is 6. The van der Waals surface area contributed by atoms with Crippen LogP contribution in [0.4, 0.5) is 5.69 Å². The minimum atomic E-state index is -0.0940. The molecule has 0 aliphatic rings. The van der Waals surface area contributed by atoms with E-state index in [0.717, 1.165) is 17.8 Å². The molecule has 0 atom stereocenters. The molecule has 7 N–H and O–H groups in total. The lowest BCUT2D eigenvalue weighted by atomic mass is 10.1. The molecule has 2 aromatic carbocycles. The number of phenols is 4. The topological polar surface area (TPSA) is 119 Å². The zero-order valence-electron chi connectivity index (χ0n) is 12.5. The maximum absolute atomic E-state index is 9.04. The molecule has 6 nitrogen and oxygen atoms in total. The molecular weight excluding hydrogens is 284 g/mol. The van der Waals surface area contributed by atoms with Crippen LogP contribution in [0.5, 0.6) is 23.0 Å². The highest BCUT2D eigenvalue weighted by atomic mass is 16.3. The van der Waals surface area contributed by atoms with Crippen molar-refractivity contribution in [3.05, 3.63) is 42.0 Å². The van der Waals surface area contributed by atoms with Gasteiger partial charge in [0, 0.05) is 18.3 Å². The summed E-state index contributed by atoms with van der Waals surface area (Å²) in [4.78, 5) is 0. The van der Waals surface area contributed by atoms with Gasteiger partial charge in [0.05, 0.1) is 0 Å². The Morgan fingerprint density at radius 1 is 0.864 bits per heavy atom. The Morgan fingerprint density at radius 2 is 1.45 bits per heavy atom. The van der Waals surface area contributed by atoms with Gasteiger partial charge in [0.15, 0.2) is 23.0 Å². The molecule has 2 aromatic rings. The molecule has 0 aliphatic heterocycles. The second-order valence-electron chi connectivity index (χ2n) is 4.60. The lowest BCUT2D eigenvalue weighted by Crippen LogP contribution is -2.02. The second kappa shape index (κ2) is 8.63. The second-order valence-corrected chi connectivity index (χ2v) is 4.60. The van der Waals surface area contributed by atoms with Crippen molar-refractivity contribution in [3.8, 4) is 23.0 Å². The first-order valence-corrected chi connectivity index (χ1v) is 6.94. The number of hydrogen-bond acceptors (Lipinski definition) is 6. The number of phenolic OH excluding ortho intramolecular Hbond substituents is 4. The van der Waals surface area contributed by atoms with E-state index in [2.05, 4.69) is 5.32 Å². The van der Waals surface area contributed by atoms with Crippen molar-refractivity contribution in [1.29, 1.82) is 0 Å². The van der Waals surface area contributed by atoms with Crippen LogP contribution in [0, 0.1) is 0 Å². The molecule has 0 spiro atoms. The molecule has 0 aliphatic carbocycles. The Labute approximate surface area is 129 Å². The highest BCUT2D eigenvalue weighted by Gasteiger charge is 1.99. The Balaban J connectivity index is 0.000000220. The summed E-state index contributed by atoms with van der Waals surface area (Å²) >= 11 is 0. The molecule has 0 fully saturated rings. The molecule has 0 bridgehead atoms. The molecule has 2 rings (SSSR count). The number of nitrogens with two attached hydrogens (primary N) is 1. The summed E-state index contributed by atoms with van der Waals surface area (Å²) in [5, 5.41) is 38.9. The zero-order valence-corrected chi connectivity index (χ0v) is 12.5. The van der Waals surface area contributed by atoms with Crippen molar-refractivity contribution >= 4 is 5.69 Å². The molecule has 6 heteroatoms. The first-order valence-electron chi connectivity index (χ1n) is 6.94. The Kier molecular flexibility index (Phi) is 6.85. The summed E-state index contributed by atoms with van der Waals surface area (Å²) in [7, 11) is 0. The molecule has 120 valence electrons. The lowest BCUT2D eigenvalue weighted by Gasteiger charge is -2.03. The van der Waals surface area contributed by atoms with Crippen molar-refractivity contribution in [2.75, 3.05) is 18.4 Å². The molecule has 0 aromatic heterocycles. The van der Waals surface area contributed by atoms with Gasteiger partial charge in [-0.25, -0.2) is 0 Å². The van der Waals surface area contributed by atoms with Crippen LogP contribution in [-0.4, -0.2) is 33.5 Å².